The van der Waals surface area contributed by atoms with E-state index in [4.69, 9.17) is 33.7 Å². The van der Waals surface area contributed by atoms with Gasteiger partial charge in [-0.05, 0) is 18.2 Å². The zero-order chi connectivity index (χ0) is 13.8. The van der Waals surface area contributed by atoms with Gasteiger partial charge in [-0.3, -0.25) is 4.98 Å². The Morgan fingerprint density at radius 2 is 2.16 bits per heavy atom. The molecule has 0 fully saturated rings. The van der Waals surface area contributed by atoms with Crippen molar-refractivity contribution in [2.45, 2.75) is 6.61 Å². The van der Waals surface area contributed by atoms with Gasteiger partial charge in [0.25, 0.3) is 0 Å². The number of carbonyl (C=O) groups is 1. The van der Waals surface area contributed by atoms with Gasteiger partial charge in [-0.25, -0.2) is 4.79 Å². The second kappa shape index (κ2) is 5.91. The summed E-state index contributed by atoms with van der Waals surface area (Å²) in [5.41, 5.74) is 6.93. The Hall–Kier alpha value is -1.78. The Kier molecular flexibility index (Phi) is 4.24. The highest BCUT2D eigenvalue weighted by Gasteiger charge is 2.12. The first-order chi connectivity index (χ1) is 9.08. The van der Waals surface area contributed by atoms with Crippen LogP contribution >= 0.6 is 23.2 Å². The van der Waals surface area contributed by atoms with Gasteiger partial charge in [-0.15, -0.1) is 0 Å². The van der Waals surface area contributed by atoms with E-state index in [1.807, 2.05) is 6.07 Å². The lowest BCUT2D eigenvalue weighted by molar-refractivity contribution is 0.0472. The molecule has 0 radical (unpaired) electrons. The summed E-state index contributed by atoms with van der Waals surface area (Å²) in [6.45, 7) is 0.132. The molecule has 0 amide bonds. The van der Waals surface area contributed by atoms with Crippen LogP contribution in [-0.4, -0.2) is 11.0 Å². The Morgan fingerprint density at radius 3 is 2.79 bits per heavy atom. The smallest absolute Gasteiger partial charge is 0.338 e. The SMILES string of the molecule is Nc1cc(C(=O)OCc2cccnc2)cc(Cl)c1Cl. The van der Waals surface area contributed by atoms with Crippen molar-refractivity contribution < 1.29 is 9.53 Å². The van der Waals surface area contributed by atoms with Gasteiger partial charge >= 0.3 is 5.97 Å². The molecule has 0 saturated heterocycles. The standard InChI is InChI=1S/C13H10Cl2N2O2/c14-10-4-9(5-11(16)12(10)15)13(18)19-7-8-2-1-3-17-6-8/h1-6H,7,16H2. The zero-order valence-corrected chi connectivity index (χ0v) is 11.3. The molecule has 2 aromatic rings. The molecule has 4 nitrogen and oxygen atoms in total. The van der Waals surface area contributed by atoms with Gasteiger partial charge in [0.1, 0.15) is 6.61 Å². The number of nitrogens with zero attached hydrogens (tertiary/aromatic N) is 1. The van der Waals surface area contributed by atoms with Gasteiger partial charge in [0.2, 0.25) is 0 Å². The number of hydrogen-bond acceptors (Lipinski definition) is 4. The van der Waals surface area contributed by atoms with Crippen LogP contribution in [0.4, 0.5) is 5.69 Å². The van der Waals surface area contributed by atoms with Crippen LogP contribution in [-0.2, 0) is 11.3 Å². The summed E-state index contributed by atoms with van der Waals surface area (Å²) >= 11 is 11.7. The van der Waals surface area contributed by atoms with Crippen LogP contribution in [0.25, 0.3) is 0 Å². The number of nitrogen functional groups attached to an aromatic ring is 1. The van der Waals surface area contributed by atoms with E-state index in [2.05, 4.69) is 4.98 Å². The number of carbonyl (C=O) groups excluding carboxylic acids is 1. The quantitative estimate of drug-likeness (QED) is 0.697. The second-order valence-electron chi connectivity index (χ2n) is 3.80. The second-order valence-corrected chi connectivity index (χ2v) is 4.58. The average Bonchev–Trinajstić information content (AvgIpc) is 2.42. The molecule has 0 aliphatic rings. The third kappa shape index (κ3) is 3.36. The predicted molar refractivity (Wildman–Crippen MR) is 74.2 cm³/mol. The topological polar surface area (TPSA) is 65.2 Å². The number of rotatable bonds is 3. The largest absolute Gasteiger partial charge is 0.457 e. The van der Waals surface area contributed by atoms with Crippen LogP contribution in [0.3, 0.4) is 0 Å². The summed E-state index contributed by atoms with van der Waals surface area (Å²) < 4.78 is 5.13. The molecule has 2 rings (SSSR count). The molecule has 6 heteroatoms. The van der Waals surface area contributed by atoms with E-state index < -0.39 is 5.97 Å². The molecule has 0 aliphatic carbocycles. The first-order valence-corrected chi connectivity index (χ1v) is 6.14. The molecular weight excluding hydrogens is 287 g/mol. The van der Waals surface area contributed by atoms with Crippen molar-refractivity contribution in [3.63, 3.8) is 0 Å². The number of hydrogen-bond donors (Lipinski definition) is 1. The van der Waals surface area contributed by atoms with Gasteiger partial charge in [0.05, 0.1) is 21.3 Å². The molecule has 1 heterocycles. The Balaban J connectivity index is 2.08. The lowest BCUT2D eigenvalue weighted by Crippen LogP contribution is -2.06. The number of benzene rings is 1. The minimum Gasteiger partial charge on any atom is -0.457 e. The van der Waals surface area contributed by atoms with Gasteiger partial charge in [-0.2, -0.15) is 0 Å². The Labute approximate surface area is 120 Å². The number of esters is 1. The van der Waals surface area contributed by atoms with Crippen LogP contribution in [0.5, 0.6) is 0 Å². The van der Waals surface area contributed by atoms with Crippen LogP contribution in [0.2, 0.25) is 10.0 Å². The molecule has 19 heavy (non-hydrogen) atoms. The van der Waals surface area contributed by atoms with E-state index in [0.717, 1.165) is 5.56 Å². The third-order valence-corrected chi connectivity index (χ3v) is 3.20. The van der Waals surface area contributed by atoms with Crippen LogP contribution < -0.4 is 5.73 Å². The first-order valence-electron chi connectivity index (χ1n) is 5.38. The molecule has 0 atom stereocenters. The molecule has 0 spiro atoms. The van der Waals surface area contributed by atoms with E-state index in [0.29, 0.717) is 0 Å². The monoisotopic (exact) mass is 296 g/mol. The highest BCUT2D eigenvalue weighted by Crippen LogP contribution is 2.29. The fraction of sp³-hybridized carbons (Fsp3) is 0.0769. The van der Waals surface area contributed by atoms with Gasteiger partial charge in [-0.1, -0.05) is 29.3 Å². The maximum atomic E-state index is 11.8. The number of anilines is 1. The summed E-state index contributed by atoms with van der Waals surface area (Å²) in [4.78, 5) is 15.8. The van der Waals surface area contributed by atoms with Crippen molar-refractivity contribution in [2.24, 2.45) is 0 Å². The number of ether oxygens (including phenoxy) is 1. The van der Waals surface area contributed by atoms with Gasteiger partial charge in [0.15, 0.2) is 0 Å². The lowest BCUT2D eigenvalue weighted by Gasteiger charge is -2.07. The van der Waals surface area contributed by atoms with Gasteiger partial charge in [0, 0.05) is 18.0 Å². The molecule has 98 valence electrons. The molecule has 0 saturated carbocycles. The summed E-state index contributed by atoms with van der Waals surface area (Å²) in [5.74, 6) is -0.519. The van der Waals surface area contributed by atoms with Crippen molar-refractivity contribution in [3.05, 3.63) is 57.8 Å². The normalized spacial score (nSPS) is 10.2. The van der Waals surface area contributed by atoms with E-state index in [1.165, 1.54) is 12.1 Å². The first kappa shape index (κ1) is 13.6. The molecular formula is C13H10Cl2N2O2. The molecule has 0 bridgehead atoms. The molecule has 1 aromatic carbocycles. The summed E-state index contributed by atoms with van der Waals surface area (Å²) in [5, 5.41) is 0.445. The van der Waals surface area contributed by atoms with E-state index in [1.54, 1.807) is 18.5 Å². The van der Waals surface area contributed by atoms with E-state index >= 15 is 0 Å². The molecule has 0 unspecified atom stereocenters. The Morgan fingerprint density at radius 1 is 1.37 bits per heavy atom. The maximum absolute atomic E-state index is 11.8. The molecule has 1 aromatic heterocycles. The maximum Gasteiger partial charge on any atom is 0.338 e. The van der Waals surface area contributed by atoms with Crippen LogP contribution in [0, 0.1) is 0 Å². The third-order valence-electron chi connectivity index (χ3n) is 2.38. The summed E-state index contributed by atoms with van der Waals surface area (Å²) in [6, 6.07) is 6.43. The number of aromatic nitrogens is 1. The fourth-order valence-electron chi connectivity index (χ4n) is 1.44. The minimum absolute atomic E-state index is 0.132. The Bertz CT molecular complexity index is 580. The predicted octanol–water partition coefficient (Wildman–Crippen LogP) is 3.33. The molecule has 0 aliphatic heterocycles. The number of nitrogens with two attached hydrogens (primary N) is 1. The van der Waals surface area contributed by atoms with Crippen molar-refractivity contribution in [2.75, 3.05) is 5.73 Å². The number of pyridine rings is 1. The summed E-state index contributed by atoms with van der Waals surface area (Å²) in [6.07, 6.45) is 3.27. The van der Waals surface area contributed by atoms with Crippen molar-refractivity contribution in [3.8, 4) is 0 Å². The van der Waals surface area contributed by atoms with Crippen molar-refractivity contribution in [1.29, 1.82) is 0 Å². The van der Waals surface area contributed by atoms with Gasteiger partial charge < -0.3 is 10.5 Å². The zero-order valence-electron chi connectivity index (χ0n) is 9.77. The highest BCUT2D eigenvalue weighted by molar-refractivity contribution is 6.43. The van der Waals surface area contributed by atoms with E-state index in [9.17, 15) is 4.79 Å². The lowest BCUT2D eigenvalue weighted by atomic mass is 10.2. The van der Waals surface area contributed by atoms with Crippen molar-refractivity contribution >= 4 is 34.9 Å². The summed E-state index contributed by atoms with van der Waals surface area (Å²) in [7, 11) is 0. The fourth-order valence-corrected chi connectivity index (χ4v) is 1.78. The average molecular weight is 297 g/mol. The van der Waals surface area contributed by atoms with Crippen LogP contribution in [0.15, 0.2) is 36.7 Å². The number of halogens is 2. The van der Waals surface area contributed by atoms with Crippen LogP contribution in [0.1, 0.15) is 15.9 Å². The van der Waals surface area contributed by atoms with Crippen molar-refractivity contribution in [1.82, 2.24) is 4.98 Å². The van der Waals surface area contributed by atoms with E-state index in [-0.39, 0.29) is 27.9 Å². The molecule has 2 N–H and O–H groups in total. The minimum atomic E-state index is -0.519. The highest BCUT2D eigenvalue weighted by atomic mass is 35.5.